The van der Waals surface area contributed by atoms with Crippen molar-refractivity contribution in [1.29, 1.82) is 0 Å². The largest absolute Gasteiger partial charge is 0.369 e. The minimum Gasteiger partial charge on any atom is -0.369 e. The Morgan fingerprint density at radius 2 is 2.38 bits per heavy atom. The van der Waals surface area contributed by atoms with E-state index in [2.05, 4.69) is 11.9 Å². The second kappa shape index (κ2) is 4.58. The monoisotopic (exact) mass is 185 g/mol. The highest BCUT2D eigenvalue weighted by atomic mass is 16.1. The van der Waals surface area contributed by atoms with E-state index in [1.54, 1.807) is 0 Å². The van der Waals surface area contributed by atoms with Crippen LogP contribution in [-0.4, -0.2) is 37.0 Å². The van der Waals surface area contributed by atoms with E-state index in [4.69, 9.17) is 11.5 Å². The highest BCUT2D eigenvalue weighted by Gasteiger charge is 2.25. The van der Waals surface area contributed by atoms with Crippen LogP contribution < -0.4 is 11.5 Å². The number of carbonyl (C=O) groups is 1. The zero-order valence-electron chi connectivity index (χ0n) is 8.20. The molecule has 76 valence electrons. The molecule has 2 unspecified atom stereocenters. The van der Waals surface area contributed by atoms with Crippen molar-refractivity contribution in [2.45, 2.75) is 25.3 Å². The van der Waals surface area contributed by atoms with Gasteiger partial charge in [-0.3, -0.25) is 4.79 Å². The van der Waals surface area contributed by atoms with Crippen molar-refractivity contribution in [2.24, 2.45) is 17.4 Å². The molecule has 4 heteroatoms. The molecule has 0 aliphatic carbocycles. The van der Waals surface area contributed by atoms with Crippen LogP contribution in [0, 0.1) is 5.92 Å². The molecule has 0 radical (unpaired) electrons. The maximum Gasteiger partial charge on any atom is 0.221 e. The van der Waals surface area contributed by atoms with Crippen molar-refractivity contribution >= 4 is 5.91 Å². The maximum atomic E-state index is 10.9. The lowest BCUT2D eigenvalue weighted by Crippen LogP contribution is -2.36. The average Bonchev–Trinajstić information content (AvgIpc) is 2.46. The smallest absolute Gasteiger partial charge is 0.221 e. The zero-order chi connectivity index (χ0) is 9.84. The third-order valence-corrected chi connectivity index (χ3v) is 2.91. The van der Waals surface area contributed by atoms with Crippen LogP contribution in [-0.2, 0) is 4.79 Å². The van der Waals surface area contributed by atoms with Gasteiger partial charge in [0.05, 0.1) is 5.92 Å². The summed E-state index contributed by atoms with van der Waals surface area (Å²) in [6.07, 6.45) is 3.21. The number of carbonyl (C=O) groups excluding carboxylic acids is 1. The Balaban J connectivity index is 2.41. The summed E-state index contributed by atoms with van der Waals surface area (Å²) in [5.41, 5.74) is 10.7. The first-order valence-corrected chi connectivity index (χ1v) is 4.84. The second-order valence-corrected chi connectivity index (χ2v) is 3.85. The summed E-state index contributed by atoms with van der Waals surface area (Å²) in [5.74, 6) is -0.409. The van der Waals surface area contributed by atoms with Gasteiger partial charge in [-0.05, 0) is 32.9 Å². The van der Waals surface area contributed by atoms with Crippen molar-refractivity contribution in [3.63, 3.8) is 0 Å². The maximum absolute atomic E-state index is 10.9. The molecule has 1 aliphatic heterocycles. The Bertz CT molecular complexity index is 184. The first-order chi connectivity index (χ1) is 6.15. The average molecular weight is 185 g/mol. The minimum absolute atomic E-state index is 0.148. The SMILES string of the molecule is CN1CCCC1CC(CN)C(N)=O. The second-order valence-electron chi connectivity index (χ2n) is 3.85. The molecular formula is C9H19N3O. The van der Waals surface area contributed by atoms with Gasteiger partial charge in [0.15, 0.2) is 0 Å². The molecule has 1 fully saturated rings. The molecule has 0 aromatic rings. The van der Waals surface area contributed by atoms with Crippen molar-refractivity contribution in [2.75, 3.05) is 20.1 Å². The fourth-order valence-corrected chi connectivity index (χ4v) is 1.93. The molecule has 1 saturated heterocycles. The van der Waals surface area contributed by atoms with Gasteiger partial charge in [0, 0.05) is 12.6 Å². The van der Waals surface area contributed by atoms with E-state index in [1.807, 2.05) is 0 Å². The molecular weight excluding hydrogens is 166 g/mol. The number of primary amides is 1. The molecule has 0 aromatic carbocycles. The molecule has 4 nitrogen and oxygen atoms in total. The van der Waals surface area contributed by atoms with Crippen molar-refractivity contribution in [3.05, 3.63) is 0 Å². The molecule has 0 saturated carbocycles. The topological polar surface area (TPSA) is 72.3 Å². The summed E-state index contributed by atoms with van der Waals surface area (Å²) >= 11 is 0. The van der Waals surface area contributed by atoms with E-state index in [9.17, 15) is 4.79 Å². The molecule has 1 heterocycles. The summed E-state index contributed by atoms with van der Waals surface area (Å²) in [5, 5.41) is 0. The lowest BCUT2D eigenvalue weighted by atomic mass is 9.98. The van der Waals surface area contributed by atoms with Crippen LogP contribution in [0.1, 0.15) is 19.3 Å². The van der Waals surface area contributed by atoms with Crippen molar-refractivity contribution in [3.8, 4) is 0 Å². The Labute approximate surface area is 79.3 Å². The predicted molar refractivity (Wildman–Crippen MR) is 52.0 cm³/mol. The van der Waals surface area contributed by atoms with Gasteiger partial charge in [0.25, 0.3) is 0 Å². The van der Waals surface area contributed by atoms with Crippen LogP contribution in [0.15, 0.2) is 0 Å². The first kappa shape index (κ1) is 10.5. The number of hydrogen-bond donors (Lipinski definition) is 2. The van der Waals surface area contributed by atoms with E-state index >= 15 is 0 Å². The highest BCUT2D eigenvalue weighted by Crippen LogP contribution is 2.21. The van der Waals surface area contributed by atoms with Gasteiger partial charge in [-0.25, -0.2) is 0 Å². The van der Waals surface area contributed by atoms with Gasteiger partial charge < -0.3 is 16.4 Å². The van der Waals surface area contributed by atoms with Gasteiger partial charge >= 0.3 is 0 Å². The third kappa shape index (κ3) is 2.67. The summed E-state index contributed by atoms with van der Waals surface area (Å²) < 4.78 is 0. The standard InChI is InChI=1S/C9H19N3O/c1-12-4-2-3-8(12)5-7(6-10)9(11)13/h7-8H,2-6,10H2,1H3,(H2,11,13). The number of amides is 1. The minimum atomic E-state index is -0.261. The highest BCUT2D eigenvalue weighted by molar-refractivity contribution is 5.76. The Morgan fingerprint density at radius 1 is 1.69 bits per heavy atom. The normalized spacial score (nSPS) is 26.2. The number of rotatable bonds is 4. The van der Waals surface area contributed by atoms with Gasteiger partial charge in [-0.1, -0.05) is 0 Å². The van der Waals surface area contributed by atoms with E-state index in [1.165, 1.54) is 12.8 Å². The zero-order valence-corrected chi connectivity index (χ0v) is 8.20. The molecule has 1 aliphatic rings. The Morgan fingerprint density at radius 3 is 2.77 bits per heavy atom. The predicted octanol–water partition coefficient (Wildman–Crippen LogP) is -0.469. The fourth-order valence-electron chi connectivity index (χ4n) is 1.93. The van der Waals surface area contributed by atoms with Crippen LogP contribution in [0.2, 0.25) is 0 Å². The lowest BCUT2D eigenvalue weighted by Gasteiger charge is -2.22. The van der Waals surface area contributed by atoms with Gasteiger partial charge in [0.2, 0.25) is 5.91 Å². The van der Waals surface area contributed by atoms with Crippen molar-refractivity contribution in [1.82, 2.24) is 4.90 Å². The molecule has 0 spiro atoms. The molecule has 0 aromatic heterocycles. The summed E-state index contributed by atoms with van der Waals surface area (Å²) in [6.45, 7) is 1.50. The van der Waals surface area contributed by atoms with Crippen LogP contribution in [0.3, 0.4) is 0 Å². The van der Waals surface area contributed by atoms with E-state index in [-0.39, 0.29) is 11.8 Å². The van der Waals surface area contributed by atoms with E-state index in [0.717, 1.165) is 13.0 Å². The number of hydrogen-bond acceptors (Lipinski definition) is 3. The quantitative estimate of drug-likeness (QED) is 0.622. The van der Waals surface area contributed by atoms with Crippen LogP contribution in [0.5, 0.6) is 0 Å². The molecule has 4 N–H and O–H groups in total. The Kier molecular flexibility index (Phi) is 3.69. The molecule has 0 bridgehead atoms. The van der Waals surface area contributed by atoms with Gasteiger partial charge in [-0.15, -0.1) is 0 Å². The van der Waals surface area contributed by atoms with E-state index < -0.39 is 0 Å². The molecule has 1 rings (SSSR count). The van der Waals surface area contributed by atoms with Crippen molar-refractivity contribution < 1.29 is 4.79 Å². The summed E-state index contributed by atoms with van der Waals surface area (Å²) in [4.78, 5) is 13.2. The van der Waals surface area contributed by atoms with Gasteiger partial charge in [0.1, 0.15) is 0 Å². The first-order valence-electron chi connectivity index (χ1n) is 4.84. The fraction of sp³-hybridized carbons (Fsp3) is 0.889. The summed E-state index contributed by atoms with van der Waals surface area (Å²) in [6, 6.07) is 0.501. The van der Waals surface area contributed by atoms with Crippen LogP contribution in [0.4, 0.5) is 0 Å². The molecule has 13 heavy (non-hydrogen) atoms. The lowest BCUT2D eigenvalue weighted by molar-refractivity contribution is -0.122. The number of nitrogens with zero attached hydrogens (tertiary/aromatic N) is 1. The molecule has 1 amide bonds. The third-order valence-electron chi connectivity index (χ3n) is 2.91. The van der Waals surface area contributed by atoms with Crippen LogP contribution >= 0.6 is 0 Å². The van der Waals surface area contributed by atoms with E-state index in [0.29, 0.717) is 12.6 Å². The molecule has 2 atom stereocenters. The van der Waals surface area contributed by atoms with Gasteiger partial charge in [-0.2, -0.15) is 0 Å². The van der Waals surface area contributed by atoms with Crippen LogP contribution in [0.25, 0.3) is 0 Å². The number of likely N-dealkylation sites (tertiary alicyclic amines) is 1. The summed E-state index contributed by atoms with van der Waals surface area (Å²) in [7, 11) is 2.09. The number of nitrogens with two attached hydrogens (primary N) is 2. The Hall–Kier alpha value is -0.610.